The number of nitrogens with zero attached hydrogens (tertiary/aromatic N) is 2. The molecule has 0 N–H and O–H groups in total. The van der Waals surface area contributed by atoms with Gasteiger partial charge in [0, 0.05) is 18.2 Å². The minimum atomic E-state index is -0.110. The number of aryl methyl sites for hydroxylation is 1. The molecular weight excluding hydrogens is 224 g/mol. The summed E-state index contributed by atoms with van der Waals surface area (Å²) in [5.74, 6) is 0.901. The van der Waals surface area contributed by atoms with Gasteiger partial charge in [-0.1, -0.05) is 26.7 Å². The highest BCUT2D eigenvalue weighted by molar-refractivity contribution is 5.99. The van der Waals surface area contributed by atoms with Crippen LogP contribution >= 0.6 is 0 Å². The summed E-state index contributed by atoms with van der Waals surface area (Å²) in [6.45, 7) is 7.23. The van der Waals surface area contributed by atoms with Gasteiger partial charge in [0.05, 0.1) is 0 Å². The molecule has 1 aliphatic rings. The van der Waals surface area contributed by atoms with Crippen LogP contribution in [0.15, 0.2) is 12.3 Å². The molecule has 0 bridgehead atoms. The summed E-state index contributed by atoms with van der Waals surface area (Å²) in [6.07, 6.45) is 7.25. The Bertz CT molecular complexity index is 414. The summed E-state index contributed by atoms with van der Waals surface area (Å²) in [6, 6.07) is 1.88. The third kappa shape index (κ3) is 2.36. The van der Waals surface area contributed by atoms with E-state index in [0.717, 1.165) is 31.5 Å². The van der Waals surface area contributed by atoms with Gasteiger partial charge in [-0.15, -0.1) is 0 Å². The summed E-state index contributed by atoms with van der Waals surface area (Å²) in [5.41, 5.74) is 0.696. The number of aromatic nitrogens is 2. The zero-order valence-corrected chi connectivity index (χ0v) is 11.8. The van der Waals surface area contributed by atoms with Gasteiger partial charge >= 0.3 is 0 Å². The van der Waals surface area contributed by atoms with Crippen molar-refractivity contribution in [3.05, 3.63) is 18.0 Å². The van der Waals surface area contributed by atoms with Crippen LogP contribution in [0.2, 0.25) is 0 Å². The van der Waals surface area contributed by atoms with Gasteiger partial charge < -0.3 is 0 Å². The van der Waals surface area contributed by atoms with Crippen molar-refractivity contribution in [1.29, 1.82) is 0 Å². The maximum Gasteiger partial charge on any atom is 0.186 e. The lowest BCUT2D eigenvalue weighted by atomic mass is 9.74. The molecule has 0 unspecified atom stereocenters. The minimum absolute atomic E-state index is 0.110. The molecule has 1 aromatic rings. The van der Waals surface area contributed by atoms with Crippen LogP contribution in [0.1, 0.15) is 63.4 Å². The predicted molar refractivity (Wildman–Crippen MR) is 72.6 cm³/mol. The molecular formula is C15H24N2O. The Labute approximate surface area is 110 Å². The zero-order chi connectivity index (χ0) is 13.2. The first-order chi connectivity index (χ1) is 8.59. The topological polar surface area (TPSA) is 34.9 Å². The van der Waals surface area contributed by atoms with Crippen molar-refractivity contribution >= 4 is 5.78 Å². The van der Waals surface area contributed by atoms with Crippen LogP contribution in [-0.4, -0.2) is 15.6 Å². The van der Waals surface area contributed by atoms with Gasteiger partial charge in [0.2, 0.25) is 0 Å². The van der Waals surface area contributed by atoms with Gasteiger partial charge in [-0.25, -0.2) is 0 Å². The molecule has 1 fully saturated rings. The monoisotopic (exact) mass is 248 g/mol. The lowest BCUT2D eigenvalue weighted by Gasteiger charge is -2.29. The first kappa shape index (κ1) is 13.3. The van der Waals surface area contributed by atoms with Crippen molar-refractivity contribution in [3.8, 4) is 0 Å². The molecule has 0 spiro atoms. The minimum Gasteiger partial charge on any atom is -0.292 e. The Morgan fingerprint density at radius 1 is 1.44 bits per heavy atom. The lowest BCUT2D eigenvalue weighted by molar-refractivity contribution is 0.0747. The molecule has 0 radical (unpaired) electrons. The van der Waals surface area contributed by atoms with Crippen molar-refractivity contribution in [3.63, 3.8) is 0 Å². The van der Waals surface area contributed by atoms with Gasteiger partial charge in [0.15, 0.2) is 5.78 Å². The average molecular weight is 248 g/mol. The SMILES string of the molecule is CCn1nccc1C(=O)C1(CC(C)C)CCCC1. The second kappa shape index (κ2) is 5.25. The van der Waals surface area contributed by atoms with Gasteiger partial charge in [0.25, 0.3) is 0 Å². The molecule has 1 aliphatic carbocycles. The predicted octanol–water partition coefficient (Wildman–Crippen LogP) is 3.69. The van der Waals surface area contributed by atoms with Crippen LogP contribution in [0, 0.1) is 11.3 Å². The standard InChI is InChI=1S/C15H24N2O/c1-4-17-13(7-10-16-17)14(18)15(11-12(2)3)8-5-6-9-15/h7,10,12H,4-6,8-9,11H2,1-3H3. The second-order valence-electron chi connectivity index (χ2n) is 5.95. The Morgan fingerprint density at radius 2 is 2.11 bits per heavy atom. The first-order valence-corrected chi connectivity index (χ1v) is 7.15. The number of rotatable bonds is 5. The van der Waals surface area contributed by atoms with E-state index in [2.05, 4.69) is 18.9 Å². The average Bonchev–Trinajstić information content (AvgIpc) is 2.95. The molecule has 0 aliphatic heterocycles. The fraction of sp³-hybridized carbons (Fsp3) is 0.733. The molecule has 3 heteroatoms. The molecule has 3 nitrogen and oxygen atoms in total. The van der Waals surface area contributed by atoms with E-state index in [0.29, 0.717) is 11.7 Å². The van der Waals surface area contributed by atoms with Gasteiger partial charge in [0.1, 0.15) is 5.69 Å². The third-order valence-corrected chi connectivity index (χ3v) is 4.09. The fourth-order valence-electron chi connectivity index (χ4n) is 3.41. The molecule has 1 saturated carbocycles. The first-order valence-electron chi connectivity index (χ1n) is 7.15. The van der Waals surface area contributed by atoms with Gasteiger partial charge in [-0.3, -0.25) is 9.48 Å². The summed E-state index contributed by atoms with van der Waals surface area (Å²) in [4.78, 5) is 12.9. The van der Waals surface area contributed by atoms with Crippen molar-refractivity contribution < 1.29 is 4.79 Å². The van der Waals surface area contributed by atoms with Gasteiger partial charge in [-0.2, -0.15) is 5.10 Å². The Kier molecular flexibility index (Phi) is 3.88. The van der Waals surface area contributed by atoms with Crippen LogP contribution in [0.5, 0.6) is 0 Å². The second-order valence-corrected chi connectivity index (χ2v) is 5.95. The molecule has 0 saturated heterocycles. The number of hydrogen-bond acceptors (Lipinski definition) is 2. The van der Waals surface area contributed by atoms with Crippen molar-refractivity contribution in [1.82, 2.24) is 9.78 Å². The van der Waals surface area contributed by atoms with E-state index in [9.17, 15) is 4.79 Å². The van der Waals surface area contributed by atoms with Crippen molar-refractivity contribution in [2.45, 2.75) is 59.4 Å². The maximum atomic E-state index is 12.9. The maximum absolute atomic E-state index is 12.9. The van der Waals surface area contributed by atoms with Crippen LogP contribution in [-0.2, 0) is 6.54 Å². The highest BCUT2D eigenvalue weighted by Crippen LogP contribution is 2.45. The largest absolute Gasteiger partial charge is 0.292 e. The van der Waals surface area contributed by atoms with Gasteiger partial charge in [-0.05, 0) is 38.2 Å². The lowest BCUT2D eigenvalue weighted by Crippen LogP contribution is -2.31. The highest BCUT2D eigenvalue weighted by Gasteiger charge is 2.42. The number of carbonyl (C=O) groups is 1. The molecule has 0 aromatic carbocycles. The number of carbonyl (C=O) groups excluding carboxylic acids is 1. The molecule has 1 heterocycles. The van der Waals surface area contributed by atoms with E-state index in [1.807, 2.05) is 17.7 Å². The summed E-state index contributed by atoms with van der Waals surface area (Å²) in [7, 11) is 0. The van der Waals surface area contributed by atoms with E-state index < -0.39 is 0 Å². The Balaban J connectivity index is 2.29. The van der Waals surface area contributed by atoms with Crippen LogP contribution in [0.3, 0.4) is 0 Å². The third-order valence-electron chi connectivity index (χ3n) is 4.09. The molecule has 0 amide bonds. The fourth-order valence-corrected chi connectivity index (χ4v) is 3.41. The molecule has 100 valence electrons. The van der Waals surface area contributed by atoms with Crippen molar-refractivity contribution in [2.24, 2.45) is 11.3 Å². The number of ketones is 1. The molecule has 2 rings (SSSR count). The zero-order valence-electron chi connectivity index (χ0n) is 11.8. The summed E-state index contributed by atoms with van der Waals surface area (Å²) < 4.78 is 1.84. The Hall–Kier alpha value is -1.12. The quantitative estimate of drug-likeness (QED) is 0.745. The van der Waals surface area contributed by atoms with Crippen molar-refractivity contribution in [2.75, 3.05) is 0 Å². The van der Waals surface area contributed by atoms with Crippen LogP contribution in [0.25, 0.3) is 0 Å². The molecule has 0 atom stereocenters. The Morgan fingerprint density at radius 3 is 2.67 bits per heavy atom. The van der Waals surface area contributed by atoms with Crippen LogP contribution < -0.4 is 0 Å². The number of hydrogen-bond donors (Lipinski definition) is 0. The molecule has 1 aromatic heterocycles. The smallest absolute Gasteiger partial charge is 0.186 e. The number of Topliss-reactive ketones (excluding diaryl/α,β-unsaturated/α-hetero) is 1. The van der Waals surface area contributed by atoms with Crippen LogP contribution in [0.4, 0.5) is 0 Å². The van der Waals surface area contributed by atoms with E-state index in [4.69, 9.17) is 0 Å². The van der Waals surface area contributed by atoms with E-state index in [1.54, 1.807) is 6.20 Å². The highest BCUT2D eigenvalue weighted by atomic mass is 16.1. The molecule has 18 heavy (non-hydrogen) atoms. The summed E-state index contributed by atoms with van der Waals surface area (Å²) >= 11 is 0. The summed E-state index contributed by atoms with van der Waals surface area (Å²) in [5, 5.41) is 4.23. The van der Waals surface area contributed by atoms with E-state index in [-0.39, 0.29) is 5.41 Å². The normalized spacial score (nSPS) is 18.4. The van der Waals surface area contributed by atoms with E-state index in [1.165, 1.54) is 12.8 Å². The van der Waals surface area contributed by atoms with E-state index >= 15 is 0 Å².